The Balaban J connectivity index is 1.79. The summed E-state index contributed by atoms with van der Waals surface area (Å²) in [6, 6.07) is 3.91. The van der Waals surface area contributed by atoms with Gasteiger partial charge in [-0.25, -0.2) is 0 Å². The number of ether oxygens (including phenoxy) is 1. The quantitative estimate of drug-likeness (QED) is 0.597. The lowest BCUT2D eigenvalue weighted by atomic mass is 9.67. The zero-order valence-corrected chi connectivity index (χ0v) is 16.9. The van der Waals surface area contributed by atoms with Gasteiger partial charge in [-0.15, -0.1) is 0 Å². The van der Waals surface area contributed by atoms with Gasteiger partial charge in [0.25, 0.3) is 11.8 Å². The fourth-order valence-corrected chi connectivity index (χ4v) is 4.92. The van der Waals surface area contributed by atoms with Crippen LogP contribution in [0.15, 0.2) is 18.2 Å². The van der Waals surface area contributed by atoms with E-state index in [1.165, 1.54) is 0 Å². The van der Waals surface area contributed by atoms with Crippen molar-refractivity contribution in [3.63, 3.8) is 0 Å². The van der Waals surface area contributed by atoms with E-state index in [-0.39, 0.29) is 36.5 Å². The first-order valence-corrected chi connectivity index (χ1v) is 10.4. The summed E-state index contributed by atoms with van der Waals surface area (Å²) in [5.41, 5.74) is -0.0963. The largest absolute Gasteiger partial charge is 0.465 e. The Labute approximate surface area is 173 Å². The van der Waals surface area contributed by atoms with Crippen LogP contribution in [0.2, 0.25) is 0 Å². The third-order valence-electron chi connectivity index (χ3n) is 6.36. The van der Waals surface area contributed by atoms with E-state index in [1.807, 2.05) is 0 Å². The van der Waals surface area contributed by atoms with Gasteiger partial charge < -0.3 is 4.74 Å². The molecule has 0 bridgehead atoms. The average molecular weight is 412 g/mol. The molecule has 3 aliphatic rings. The number of hydrogen-bond acceptors (Lipinski definition) is 6. The first kappa shape index (κ1) is 20.3. The van der Waals surface area contributed by atoms with Crippen molar-refractivity contribution in [2.75, 3.05) is 6.61 Å². The van der Waals surface area contributed by atoms with Crippen molar-refractivity contribution in [3.05, 3.63) is 34.9 Å². The number of rotatable bonds is 4. The van der Waals surface area contributed by atoms with Crippen molar-refractivity contribution in [3.8, 4) is 0 Å². The van der Waals surface area contributed by atoms with E-state index < -0.39 is 35.1 Å². The number of fused-ring (bicyclic) bond motifs is 1. The van der Waals surface area contributed by atoms with E-state index in [1.54, 1.807) is 25.1 Å². The number of esters is 1. The highest BCUT2D eigenvalue weighted by molar-refractivity contribution is 6.24. The maximum atomic E-state index is 13.4. The summed E-state index contributed by atoms with van der Waals surface area (Å²) < 4.78 is 5.38. The minimum absolute atomic E-state index is 0.0590. The lowest BCUT2D eigenvalue weighted by molar-refractivity contribution is -0.151. The number of piperidine rings is 1. The second kappa shape index (κ2) is 7.66. The van der Waals surface area contributed by atoms with Crippen LogP contribution in [0.25, 0.3) is 0 Å². The van der Waals surface area contributed by atoms with Crippen molar-refractivity contribution < 1.29 is 28.7 Å². The van der Waals surface area contributed by atoms with Crippen LogP contribution in [-0.2, 0) is 24.5 Å². The highest BCUT2D eigenvalue weighted by Crippen LogP contribution is 2.44. The summed E-state index contributed by atoms with van der Waals surface area (Å²) in [4.78, 5) is 64.3. The van der Waals surface area contributed by atoms with Crippen LogP contribution in [0.1, 0.15) is 78.1 Å². The molecule has 2 heterocycles. The second-order valence-electron chi connectivity index (χ2n) is 8.04. The predicted molar refractivity (Wildman–Crippen MR) is 105 cm³/mol. The van der Waals surface area contributed by atoms with Crippen LogP contribution in [0.3, 0.4) is 0 Å². The summed E-state index contributed by atoms with van der Waals surface area (Å²) >= 11 is 0. The van der Waals surface area contributed by atoms with Crippen molar-refractivity contribution >= 4 is 29.6 Å². The molecule has 0 spiro atoms. The molecule has 1 aliphatic carbocycles. The average Bonchev–Trinajstić information content (AvgIpc) is 2.99. The zero-order valence-electron chi connectivity index (χ0n) is 16.9. The minimum atomic E-state index is -1.03. The second-order valence-corrected chi connectivity index (χ2v) is 8.04. The molecule has 2 fully saturated rings. The molecule has 2 aliphatic heterocycles. The van der Waals surface area contributed by atoms with Gasteiger partial charge in [-0.05, 0) is 37.8 Å². The van der Waals surface area contributed by atoms with Crippen LogP contribution in [-0.4, -0.2) is 47.1 Å². The maximum absolute atomic E-state index is 13.4. The fourth-order valence-electron chi connectivity index (χ4n) is 4.92. The van der Waals surface area contributed by atoms with Gasteiger partial charge in [-0.3, -0.25) is 34.2 Å². The zero-order chi connectivity index (χ0) is 21.5. The molecule has 8 heteroatoms. The van der Waals surface area contributed by atoms with Crippen molar-refractivity contribution in [1.29, 1.82) is 0 Å². The van der Waals surface area contributed by atoms with E-state index in [2.05, 4.69) is 5.32 Å². The number of carbonyl (C=O) groups excluding carboxylic acids is 5. The maximum Gasteiger partial charge on any atom is 0.316 e. The topological polar surface area (TPSA) is 110 Å². The molecule has 8 nitrogen and oxygen atoms in total. The van der Waals surface area contributed by atoms with Crippen molar-refractivity contribution in [2.45, 2.75) is 63.3 Å². The lowest BCUT2D eigenvalue weighted by Crippen LogP contribution is -2.54. The molecule has 0 aromatic heterocycles. The SMILES string of the molecule is CCOC(=O)C1(c2cccc3c2C(=O)N(C2CCC(=O)NC2=O)C3=O)CCCCC1. The molecule has 1 atom stereocenters. The Morgan fingerprint density at radius 2 is 1.87 bits per heavy atom. The number of amides is 4. The van der Waals surface area contributed by atoms with Crippen LogP contribution < -0.4 is 5.32 Å². The Morgan fingerprint density at radius 1 is 1.13 bits per heavy atom. The molecule has 1 saturated heterocycles. The van der Waals surface area contributed by atoms with Gasteiger partial charge in [0.2, 0.25) is 11.8 Å². The van der Waals surface area contributed by atoms with Gasteiger partial charge in [-0.2, -0.15) is 0 Å². The van der Waals surface area contributed by atoms with Crippen LogP contribution in [0.4, 0.5) is 0 Å². The predicted octanol–water partition coefficient (Wildman–Crippen LogP) is 1.85. The van der Waals surface area contributed by atoms with Gasteiger partial charge in [0, 0.05) is 6.42 Å². The smallest absolute Gasteiger partial charge is 0.316 e. The first-order valence-electron chi connectivity index (χ1n) is 10.4. The number of carbonyl (C=O) groups is 5. The highest BCUT2D eigenvalue weighted by Gasteiger charge is 2.51. The monoisotopic (exact) mass is 412 g/mol. The molecule has 4 amide bonds. The molecule has 1 N–H and O–H groups in total. The number of benzene rings is 1. The number of nitrogens with zero attached hydrogens (tertiary/aromatic N) is 1. The first-order chi connectivity index (χ1) is 14.4. The normalized spacial score (nSPS) is 23.2. The molecule has 1 aromatic carbocycles. The standard InChI is InChI=1S/C22H24N2O6/c1-2-30-21(29)22(11-4-3-5-12-22)14-8-6-7-13-17(14)20(28)24(19(13)27)15-9-10-16(25)23-18(15)26/h6-8,15H,2-5,9-12H2,1H3,(H,23,25,26). The van der Waals surface area contributed by atoms with Gasteiger partial charge in [0.05, 0.1) is 23.1 Å². The van der Waals surface area contributed by atoms with E-state index >= 15 is 0 Å². The van der Waals surface area contributed by atoms with E-state index in [0.717, 1.165) is 24.2 Å². The summed E-state index contributed by atoms with van der Waals surface area (Å²) in [6.07, 6.45) is 3.87. The summed E-state index contributed by atoms with van der Waals surface area (Å²) in [5.74, 6) is -2.61. The number of hydrogen-bond donors (Lipinski definition) is 1. The summed E-state index contributed by atoms with van der Waals surface area (Å²) in [6.45, 7) is 1.97. The molecule has 1 unspecified atom stereocenters. The Bertz CT molecular complexity index is 947. The molecular weight excluding hydrogens is 388 g/mol. The molecule has 1 saturated carbocycles. The summed E-state index contributed by atoms with van der Waals surface area (Å²) in [7, 11) is 0. The van der Waals surface area contributed by atoms with E-state index in [0.29, 0.717) is 18.4 Å². The number of imide groups is 2. The van der Waals surface area contributed by atoms with Crippen molar-refractivity contribution in [1.82, 2.24) is 10.2 Å². The Kier molecular flexibility index (Phi) is 5.17. The van der Waals surface area contributed by atoms with Gasteiger partial charge >= 0.3 is 5.97 Å². The third kappa shape index (κ3) is 3.02. The molecular formula is C22H24N2O6. The number of nitrogens with one attached hydrogen (secondary N) is 1. The Morgan fingerprint density at radius 3 is 2.53 bits per heavy atom. The Hall–Kier alpha value is -3.03. The lowest BCUT2D eigenvalue weighted by Gasteiger charge is -2.36. The molecule has 0 radical (unpaired) electrons. The fraction of sp³-hybridized carbons (Fsp3) is 0.500. The molecule has 4 rings (SSSR count). The van der Waals surface area contributed by atoms with E-state index in [9.17, 15) is 24.0 Å². The minimum Gasteiger partial charge on any atom is -0.465 e. The summed E-state index contributed by atoms with van der Waals surface area (Å²) in [5, 5.41) is 2.20. The van der Waals surface area contributed by atoms with Crippen LogP contribution >= 0.6 is 0 Å². The van der Waals surface area contributed by atoms with Crippen LogP contribution in [0.5, 0.6) is 0 Å². The van der Waals surface area contributed by atoms with Gasteiger partial charge in [0.15, 0.2) is 0 Å². The van der Waals surface area contributed by atoms with Crippen LogP contribution in [0, 0.1) is 0 Å². The molecule has 30 heavy (non-hydrogen) atoms. The molecule has 1 aromatic rings. The third-order valence-corrected chi connectivity index (χ3v) is 6.36. The van der Waals surface area contributed by atoms with E-state index in [4.69, 9.17) is 4.74 Å². The van der Waals surface area contributed by atoms with Gasteiger partial charge in [0.1, 0.15) is 6.04 Å². The highest BCUT2D eigenvalue weighted by atomic mass is 16.5. The van der Waals surface area contributed by atoms with Gasteiger partial charge in [-0.1, -0.05) is 31.4 Å². The molecule has 158 valence electrons. The van der Waals surface area contributed by atoms with Crippen molar-refractivity contribution in [2.24, 2.45) is 0 Å².